The van der Waals surface area contributed by atoms with Crippen LogP contribution in [0.2, 0.25) is 0 Å². The Hall–Kier alpha value is -0.0400. The van der Waals surface area contributed by atoms with Crippen molar-refractivity contribution >= 4 is 0 Å². The van der Waals surface area contributed by atoms with Crippen molar-refractivity contribution in [3.8, 4) is 0 Å². The largest absolute Gasteiger partial charge is 0.392 e. The topological polar surface area (TPSA) is 20.2 Å². The Labute approximate surface area is 68.8 Å². The molecule has 0 aromatic heterocycles. The van der Waals surface area contributed by atoms with Crippen molar-refractivity contribution in [1.29, 1.82) is 0 Å². The van der Waals surface area contributed by atoms with Crippen LogP contribution in [0.1, 0.15) is 46.0 Å². The van der Waals surface area contributed by atoms with Crippen LogP contribution < -0.4 is 0 Å². The van der Waals surface area contributed by atoms with Crippen molar-refractivity contribution in [1.82, 2.24) is 0 Å². The summed E-state index contributed by atoms with van der Waals surface area (Å²) < 4.78 is 0. The van der Waals surface area contributed by atoms with Gasteiger partial charge in [0.25, 0.3) is 0 Å². The first kappa shape index (κ1) is 7.60. The van der Waals surface area contributed by atoms with E-state index in [1.165, 1.54) is 32.1 Å². The van der Waals surface area contributed by atoms with E-state index in [1.807, 2.05) is 0 Å². The maximum Gasteiger partial charge on any atom is 0.0647 e. The molecule has 0 radical (unpaired) electrons. The zero-order valence-corrected chi connectivity index (χ0v) is 7.56. The van der Waals surface area contributed by atoms with E-state index in [4.69, 9.17) is 0 Å². The Morgan fingerprint density at radius 2 is 1.45 bits per heavy atom. The molecule has 2 rings (SSSR count). The third-order valence-corrected chi connectivity index (χ3v) is 4.08. The summed E-state index contributed by atoms with van der Waals surface area (Å²) in [6.45, 7) is 4.50. The lowest BCUT2D eigenvalue weighted by molar-refractivity contribution is -0.0422. The maximum atomic E-state index is 10.0. The van der Waals surface area contributed by atoms with Gasteiger partial charge >= 0.3 is 0 Å². The van der Waals surface area contributed by atoms with Gasteiger partial charge in [0, 0.05) is 0 Å². The Bertz CT molecular complexity index is 160. The first-order chi connectivity index (χ1) is 5.07. The second kappa shape index (κ2) is 2.01. The molecule has 64 valence electrons. The fourth-order valence-electron chi connectivity index (χ4n) is 3.11. The highest BCUT2D eigenvalue weighted by molar-refractivity contribution is 5.04. The summed E-state index contributed by atoms with van der Waals surface area (Å²) in [5.41, 5.74) is 0.542. The predicted octanol–water partition coefficient (Wildman–Crippen LogP) is 2.34. The van der Waals surface area contributed by atoms with Crippen LogP contribution in [0.5, 0.6) is 0 Å². The molecular formula is C10H18O. The quantitative estimate of drug-likeness (QED) is 0.568. The van der Waals surface area contributed by atoms with Crippen LogP contribution in [0.3, 0.4) is 0 Å². The lowest BCUT2D eigenvalue weighted by atomic mass is 9.68. The molecule has 1 nitrogen and oxygen atoms in total. The first-order valence-electron chi connectivity index (χ1n) is 4.75. The average molecular weight is 154 g/mol. The fourth-order valence-corrected chi connectivity index (χ4v) is 3.11. The molecule has 2 aliphatic carbocycles. The van der Waals surface area contributed by atoms with Crippen LogP contribution in [0.25, 0.3) is 0 Å². The Kier molecular flexibility index (Phi) is 1.39. The summed E-state index contributed by atoms with van der Waals surface area (Å²) in [5.74, 6) is 0. The average Bonchev–Trinajstić information content (AvgIpc) is 2.17. The van der Waals surface area contributed by atoms with Gasteiger partial charge in [0.1, 0.15) is 0 Å². The minimum atomic E-state index is -0.0243. The number of fused-ring (bicyclic) bond motifs is 2. The second-order valence-electron chi connectivity index (χ2n) is 5.06. The molecule has 3 atom stereocenters. The molecule has 1 N–H and O–H groups in total. The maximum absolute atomic E-state index is 10.0. The SMILES string of the molecule is C[C@]12CCC[C@](C)(CC1)C2O. The molecule has 2 bridgehead atoms. The normalized spacial score (nSPS) is 56.5. The molecule has 0 aromatic carbocycles. The van der Waals surface area contributed by atoms with E-state index in [2.05, 4.69) is 13.8 Å². The van der Waals surface area contributed by atoms with Gasteiger partial charge in [-0.25, -0.2) is 0 Å². The molecule has 2 fully saturated rings. The van der Waals surface area contributed by atoms with Crippen LogP contribution in [0.15, 0.2) is 0 Å². The van der Waals surface area contributed by atoms with Gasteiger partial charge in [0.2, 0.25) is 0 Å². The van der Waals surface area contributed by atoms with E-state index in [0.717, 1.165) is 0 Å². The number of hydrogen-bond acceptors (Lipinski definition) is 1. The lowest BCUT2D eigenvalue weighted by Crippen LogP contribution is -2.40. The highest BCUT2D eigenvalue weighted by atomic mass is 16.3. The minimum absolute atomic E-state index is 0.0243. The Morgan fingerprint density at radius 3 is 1.82 bits per heavy atom. The van der Waals surface area contributed by atoms with Gasteiger partial charge in [0.05, 0.1) is 6.10 Å². The van der Waals surface area contributed by atoms with Crippen molar-refractivity contribution in [2.75, 3.05) is 0 Å². The first-order valence-corrected chi connectivity index (χ1v) is 4.75. The molecule has 1 heteroatoms. The summed E-state index contributed by atoms with van der Waals surface area (Å²) in [6, 6.07) is 0. The highest BCUT2D eigenvalue weighted by Crippen LogP contribution is 2.57. The summed E-state index contributed by atoms with van der Waals surface area (Å²) in [7, 11) is 0. The van der Waals surface area contributed by atoms with Gasteiger partial charge in [0.15, 0.2) is 0 Å². The van der Waals surface area contributed by atoms with Crippen LogP contribution in [-0.2, 0) is 0 Å². The molecule has 0 heterocycles. The van der Waals surface area contributed by atoms with Crippen molar-refractivity contribution in [2.24, 2.45) is 10.8 Å². The van der Waals surface area contributed by atoms with Gasteiger partial charge in [-0.3, -0.25) is 0 Å². The van der Waals surface area contributed by atoms with E-state index in [0.29, 0.717) is 0 Å². The molecule has 2 aliphatic rings. The number of rotatable bonds is 0. The van der Waals surface area contributed by atoms with Gasteiger partial charge < -0.3 is 5.11 Å². The van der Waals surface area contributed by atoms with Crippen molar-refractivity contribution < 1.29 is 5.11 Å². The fraction of sp³-hybridized carbons (Fsp3) is 1.00. The molecular weight excluding hydrogens is 136 g/mol. The summed E-state index contributed by atoms with van der Waals surface area (Å²) >= 11 is 0. The molecule has 1 unspecified atom stereocenters. The van der Waals surface area contributed by atoms with E-state index >= 15 is 0 Å². The molecule has 0 aromatic rings. The Morgan fingerprint density at radius 1 is 1.00 bits per heavy atom. The van der Waals surface area contributed by atoms with Gasteiger partial charge in [-0.05, 0) is 36.5 Å². The zero-order chi connectivity index (χ0) is 8.11. The van der Waals surface area contributed by atoms with Crippen molar-refractivity contribution in [3.05, 3.63) is 0 Å². The highest BCUT2D eigenvalue weighted by Gasteiger charge is 2.53. The molecule has 2 saturated carbocycles. The summed E-state index contributed by atoms with van der Waals surface area (Å²) in [5, 5.41) is 10.0. The Balaban J connectivity index is 2.30. The van der Waals surface area contributed by atoms with Crippen LogP contribution in [0.4, 0.5) is 0 Å². The molecule has 0 amide bonds. The molecule has 0 saturated heterocycles. The molecule has 0 aliphatic heterocycles. The lowest BCUT2D eigenvalue weighted by Gasteiger charge is -2.40. The van der Waals surface area contributed by atoms with Crippen LogP contribution in [-0.4, -0.2) is 11.2 Å². The third-order valence-electron chi connectivity index (χ3n) is 4.08. The molecule has 11 heavy (non-hydrogen) atoms. The monoisotopic (exact) mass is 154 g/mol. The predicted molar refractivity (Wildman–Crippen MR) is 45.3 cm³/mol. The van der Waals surface area contributed by atoms with E-state index in [9.17, 15) is 5.11 Å². The van der Waals surface area contributed by atoms with Crippen molar-refractivity contribution in [2.45, 2.75) is 52.1 Å². The van der Waals surface area contributed by atoms with E-state index in [1.54, 1.807) is 0 Å². The van der Waals surface area contributed by atoms with Gasteiger partial charge in [-0.1, -0.05) is 20.3 Å². The number of aliphatic hydroxyl groups is 1. The van der Waals surface area contributed by atoms with Gasteiger partial charge in [-0.2, -0.15) is 0 Å². The molecule has 0 spiro atoms. The number of hydrogen-bond donors (Lipinski definition) is 1. The third kappa shape index (κ3) is 0.868. The summed E-state index contributed by atoms with van der Waals surface area (Å²) in [6.07, 6.45) is 6.26. The van der Waals surface area contributed by atoms with Crippen LogP contribution >= 0.6 is 0 Å². The van der Waals surface area contributed by atoms with Crippen molar-refractivity contribution in [3.63, 3.8) is 0 Å². The summed E-state index contributed by atoms with van der Waals surface area (Å²) in [4.78, 5) is 0. The minimum Gasteiger partial charge on any atom is -0.392 e. The smallest absolute Gasteiger partial charge is 0.0647 e. The zero-order valence-electron chi connectivity index (χ0n) is 7.56. The number of aliphatic hydroxyl groups excluding tert-OH is 1. The van der Waals surface area contributed by atoms with Gasteiger partial charge in [-0.15, -0.1) is 0 Å². The van der Waals surface area contributed by atoms with E-state index < -0.39 is 0 Å². The van der Waals surface area contributed by atoms with Crippen LogP contribution in [0, 0.1) is 10.8 Å². The van der Waals surface area contributed by atoms with E-state index in [-0.39, 0.29) is 16.9 Å². The standard InChI is InChI=1S/C10H18O/c1-9-4-3-5-10(2,7-6-9)8(9)11/h8,11H,3-7H2,1-2H3/t8?,9-,10+. The second-order valence-corrected chi connectivity index (χ2v) is 5.06.